The minimum absolute atomic E-state index is 0.0339. The number of amides is 1. The predicted octanol–water partition coefficient (Wildman–Crippen LogP) is 3.03. The monoisotopic (exact) mass is 364 g/mol. The van der Waals surface area contributed by atoms with Gasteiger partial charge in [0.25, 0.3) is 5.91 Å². The number of nitrogens with zero attached hydrogens (tertiary/aromatic N) is 5. The number of aryl methyl sites for hydroxylation is 2. The van der Waals surface area contributed by atoms with Crippen molar-refractivity contribution in [2.24, 2.45) is 0 Å². The lowest BCUT2D eigenvalue weighted by Crippen LogP contribution is -2.39. The third-order valence-corrected chi connectivity index (χ3v) is 5.12. The molecule has 1 aliphatic heterocycles. The molecule has 140 valence electrons. The van der Waals surface area contributed by atoms with Crippen LogP contribution in [0, 0.1) is 13.8 Å². The van der Waals surface area contributed by atoms with Crippen molar-refractivity contribution in [3.8, 4) is 0 Å². The fraction of sp³-hybridized carbons (Fsp3) is 0.400. The highest BCUT2D eigenvalue weighted by Gasteiger charge is 2.30. The van der Waals surface area contributed by atoms with Crippen LogP contribution in [0.5, 0.6) is 0 Å². The van der Waals surface area contributed by atoms with E-state index in [1.54, 1.807) is 0 Å². The van der Waals surface area contributed by atoms with E-state index >= 15 is 0 Å². The molecule has 0 aliphatic carbocycles. The van der Waals surface area contributed by atoms with Crippen LogP contribution in [0.15, 0.2) is 36.7 Å². The van der Waals surface area contributed by atoms with Gasteiger partial charge in [-0.2, -0.15) is 10.2 Å². The Morgan fingerprint density at radius 3 is 2.89 bits per heavy atom. The second-order valence-electron chi connectivity index (χ2n) is 7.17. The van der Waals surface area contributed by atoms with E-state index in [1.165, 1.54) is 6.33 Å². The first-order valence-corrected chi connectivity index (χ1v) is 9.38. The molecule has 0 bridgehead atoms. The molecule has 1 N–H and O–H groups in total. The Balaban J connectivity index is 1.57. The molecule has 1 atom stereocenters. The van der Waals surface area contributed by atoms with Gasteiger partial charge in [0.1, 0.15) is 12.2 Å². The predicted molar refractivity (Wildman–Crippen MR) is 101 cm³/mol. The number of carbonyl (C=O) groups excluding carboxylic acids is 1. The van der Waals surface area contributed by atoms with Crippen LogP contribution in [0.2, 0.25) is 0 Å². The Bertz CT molecular complexity index is 930. The Hall–Kier alpha value is -2.96. The first-order chi connectivity index (χ1) is 13.1. The summed E-state index contributed by atoms with van der Waals surface area (Å²) in [6.07, 6.45) is 4.52. The Kier molecular flexibility index (Phi) is 4.75. The van der Waals surface area contributed by atoms with Gasteiger partial charge in [-0.1, -0.05) is 12.1 Å². The summed E-state index contributed by atoms with van der Waals surface area (Å²) in [5, 5.41) is 11.4. The largest absolute Gasteiger partial charge is 0.328 e. The molecule has 1 unspecified atom stereocenters. The van der Waals surface area contributed by atoms with Crippen molar-refractivity contribution in [2.75, 3.05) is 6.54 Å². The zero-order chi connectivity index (χ0) is 18.8. The Morgan fingerprint density at radius 2 is 2.15 bits per heavy atom. The van der Waals surface area contributed by atoms with Crippen LogP contribution in [-0.4, -0.2) is 42.3 Å². The maximum atomic E-state index is 13.2. The van der Waals surface area contributed by atoms with Crippen LogP contribution in [0.4, 0.5) is 0 Å². The summed E-state index contributed by atoms with van der Waals surface area (Å²) < 4.78 is 1.97. The molecule has 1 amide bonds. The molecule has 0 spiro atoms. The van der Waals surface area contributed by atoms with Crippen molar-refractivity contribution in [2.45, 2.75) is 45.7 Å². The number of nitrogens with one attached hydrogen (secondary N) is 1. The summed E-state index contributed by atoms with van der Waals surface area (Å²) in [4.78, 5) is 19.4. The van der Waals surface area contributed by atoms with E-state index in [1.807, 2.05) is 47.7 Å². The third kappa shape index (κ3) is 3.63. The third-order valence-electron chi connectivity index (χ3n) is 5.12. The van der Waals surface area contributed by atoms with Crippen LogP contribution in [0.3, 0.4) is 0 Å². The Labute approximate surface area is 158 Å². The average molecular weight is 364 g/mol. The lowest BCUT2D eigenvalue weighted by Gasteiger charge is -2.34. The number of piperidine rings is 1. The first-order valence-electron chi connectivity index (χ1n) is 9.38. The molecular formula is C20H24N6O. The van der Waals surface area contributed by atoms with Gasteiger partial charge in [-0.15, -0.1) is 0 Å². The molecule has 0 saturated carbocycles. The zero-order valence-electron chi connectivity index (χ0n) is 15.7. The highest BCUT2D eigenvalue weighted by Crippen LogP contribution is 2.30. The molecule has 27 heavy (non-hydrogen) atoms. The number of carbonyl (C=O) groups is 1. The molecule has 7 nitrogen and oxygen atoms in total. The SMILES string of the molecule is Cc1cc(C)n(Cc2cccc(C(=O)N3CCCCC3c3ncn[nH]3)c2)n1. The topological polar surface area (TPSA) is 79.7 Å². The summed E-state index contributed by atoms with van der Waals surface area (Å²) in [7, 11) is 0. The van der Waals surface area contributed by atoms with E-state index < -0.39 is 0 Å². The van der Waals surface area contributed by atoms with Crippen molar-refractivity contribution in [3.63, 3.8) is 0 Å². The number of hydrogen-bond acceptors (Lipinski definition) is 4. The number of hydrogen-bond donors (Lipinski definition) is 1. The van der Waals surface area contributed by atoms with E-state index in [4.69, 9.17) is 0 Å². The summed E-state index contributed by atoms with van der Waals surface area (Å²) in [6.45, 7) is 5.44. The van der Waals surface area contributed by atoms with Crippen molar-refractivity contribution in [3.05, 3.63) is 65.0 Å². The smallest absolute Gasteiger partial charge is 0.254 e. The van der Waals surface area contributed by atoms with Crippen molar-refractivity contribution in [1.82, 2.24) is 29.9 Å². The van der Waals surface area contributed by atoms with Crippen LogP contribution < -0.4 is 0 Å². The van der Waals surface area contributed by atoms with Gasteiger partial charge in [0.05, 0.1) is 18.3 Å². The number of rotatable bonds is 4. The summed E-state index contributed by atoms with van der Waals surface area (Å²) >= 11 is 0. The van der Waals surface area contributed by atoms with Crippen LogP contribution in [0.1, 0.15) is 58.4 Å². The quantitative estimate of drug-likeness (QED) is 0.772. The zero-order valence-corrected chi connectivity index (χ0v) is 15.7. The molecular weight excluding hydrogens is 340 g/mol. The van der Waals surface area contributed by atoms with Crippen molar-refractivity contribution >= 4 is 5.91 Å². The number of benzene rings is 1. The van der Waals surface area contributed by atoms with E-state index in [0.29, 0.717) is 12.1 Å². The fourth-order valence-corrected chi connectivity index (χ4v) is 3.81. The minimum Gasteiger partial charge on any atom is -0.328 e. The molecule has 0 radical (unpaired) electrons. The second-order valence-corrected chi connectivity index (χ2v) is 7.17. The molecule has 3 heterocycles. The minimum atomic E-state index is -0.0339. The summed E-state index contributed by atoms with van der Waals surface area (Å²) in [6, 6.07) is 9.88. The van der Waals surface area contributed by atoms with Crippen LogP contribution in [0.25, 0.3) is 0 Å². The average Bonchev–Trinajstić information content (AvgIpc) is 3.31. The number of likely N-dealkylation sites (tertiary alicyclic amines) is 1. The molecule has 7 heteroatoms. The van der Waals surface area contributed by atoms with E-state index in [-0.39, 0.29) is 11.9 Å². The lowest BCUT2D eigenvalue weighted by molar-refractivity contribution is 0.0600. The van der Waals surface area contributed by atoms with Gasteiger partial charge < -0.3 is 4.90 Å². The molecule has 2 aromatic heterocycles. The molecule has 1 saturated heterocycles. The van der Waals surface area contributed by atoms with E-state index in [0.717, 1.165) is 48.6 Å². The van der Waals surface area contributed by atoms with Gasteiger partial charge in [-0.25, -0.2) is 4.98 Å². The number of aromatic nitrogens is 5. The maximum absolute atomic E-state index is 13.2. The molecule has 1 aromatic carbocycles. The van der Waals surface area contributed by atoms with Gasteiger partial charge in [-0.05, 0) is 56.9 Å². The van der Waals surface area contributed by atoms with Crippen LogP contribution >= 0.6 is 0 Å². The normalized spacial score (nSPS) is 17.3. The van der Waals surface area contributed by atoms with Crippen LogP contribution in [-0.2, 0) is 6.54 Å². The van der Waals surface area contributed by atoms with E-state index in [9.17, 15) is 4.79 Å². The summed E-state index contributed by atoms with van der Waals surface area (Å²) in [5.41, 5.74) is 3.90. The standard InChI is InChI=1S/C20H24N6O/c1-14-10-15(2)26(24-14)12-16-6-5-7-17(11-16)20(27)25-9-4-3-8-18(25)19-21-13-22-23-19/h5-7,10-11,13,18H,3-4,8-9,12H2,1-2H3,(H,21,22,23). The molecule has 4 rings (SSSR count). The number of H-pyrrole nitrogens is 1. The molecule has 1 fully saturated rings. The van der Waals surface area contributed by atoms with Gasteiger partial charge in [-0.3, -0.25) is 14.6 Å². The lowest BCUT2D eigenvalue weighted by atomic mass is 9.99. The Morgan fingerprint density at radius 1 is 1.26 bits per heavy atom. The second kappa shape index (κ2) is 7.34. The summed E-state index contributed by atoms with van der Waals surface area (Å²) in [5.74, 6) is 0.813. The maximum Gasteiger partial charge on any atom is 0.254 e. The van der Waals surface area contributed by atoms with Gasteiger partial charge in [0.15, 0.2) is 0 Å². The fourth-order valence-electron chi connectivity index (χ4n) is 3.81. The van der Waals surface area contributed by atoms with Crippen molar-refractivity contribution in [1.29, 1.82) is 0 Å². The van der Waals surface area contributed by atoms with Gasteiger partial charge in [0, 0.05) is 17.8 Å². The van der Waals surface area contributed by atoms with Gasteiger partial charge in [0.2, 0.25) is 0 Å². The highest BCUT2D eigenvalue weighted by molar-refractivity contribution is 5.94. The van der Waals surface area contributed by atoms with Crippen molar-refractivity contribution < 1.29 is 4.79 Å². The number of aromatic amines is 1. The first kappa shape index (κ1) is 17.5. The van der Waals surface area contributed by atoms with E-state index in [2.05, 4.69) is 26.3 Å². The molecule has 3 aromatic rings. The molecule has 1 aliphatic rings. The highest BCUT2D eigenvalue weighted by atomic mass is 16.2. The van der Waals surface area contributed by atoms with Gasteiger partial charge >= 0.3 is 0 Å².